The molecule has 3 aromatic rings. The number of rotatable bonds is 3. The molecule has 1 aliphatic heterocycles. The van der Waals surface area contributed by atoms with Crippen LogP contribution < -0.4 is 16.4 Å². The molecule has 2 amide bonds. The molecule has 8 heteroatoms. The van der Waals surface area contributed by atoms with Crippen molar-refractivity contribution in [1.82, 2.24) is 9.78 Å². The second-order valence-electron chi connectivity index (χ2n) is 6.58. The summed E-state index contributed by atoms with van der Waals surface area (Å²) in [7, 11) is 0. The SMILES string of the molecule is NC1CCc2cc(C(=O)Nc3ccn(-c4ccc(Cl)cc4)n3)ccc2NC1=O. The molecule has 0 aliphatic carbocycles. The van der Waals surface area contributed by atoms with Gasteiger partial charge in [-0.2, -0.15) is 5.10 Å². The van der Waals surface area contributed by atoms with Crippen molar-refractivity contribution in [3.8, 4) is 5.69 Å². The fraction of sp³-hybridized carbons (Fsp3) is 0.150. The van der Waals surface area contributed by atoms with Crippen molar-refractivity contribution in [3.63, 3.8) is 0 Å². The molecule has 2 heterocycles. The predicted molar refractivity (Wildman–Crippen MR) is 108 cm³/mol. The molecule has 0 saturated carbocycles. The van der Waals surface area contributed by atoms with Gasteiger partial charge >= 0.3 is 0 Å². The first-order valence-electron chi connectivity index (χ1n) is 8.82. The van der Waals surface area contributed by atoms with Crippen LogP contribution in [0.25, 0.3) is 5.69 Å². The molecule has 0 radical (unpaired) electrons. The highest BCUT2D eigenvalue weighted by Gasteiger charge is 2.21. The summed E-state index contributed by atoms with van der Waals surface area (Å²) in [5.74, 6) is -0.0436. The third-order valence-electron chi connectivity index (χ3n) is 4.61. The highest BCUT2D eigenvalue weighted by Crippen LogP contribution is 2.23. The Kier molecular flexibility index (Phi) is 4.85. The number of benzene rings is 2. The lowest BCUT2D eigenvalue weighted by Gasteiger charge is -2.09. The van der Waals surface area contributed by atoms with Crippen LogP contribution in [0, 0.1) is 0 Å². The first-order chi connectivity index (χ1) is 13.5. The predicted octanol–water partition coefficient (Wildman–Crippen LogP) is 2.99. The lowest BCUT2D eigenvalue weighted by atomic mass is 10.0. The summed E-state index contributed by atoms with van der Waals surface area (Å²) in [6.45, 7) is 0. The van der Waals surface area contributed by atoms with E-state index >= 15 is 0 Å². The summed E-state index contributed by atoms with van der Waals surface area (Å²) >= 11 is 5.90. The topological polar surface area (TPSA) is 102 Å². The Morgan fingerprint density at radius 1 is 1.21 bits per heavy atom. The maximum atomic E-state index is 12.6. The number of anilines is 2. The van der Waals surface area contributed by atoms with Crippen LogP contribution in [-0.2, 0) is 11.2 Å². The van der Waals surface area contributed by atoms with E-state index in [0.717, 1.165) is 11.3 Å². The zero-order valence-electron chi connectivity index (χ0n) is 14.9. The molecule has 4 rings (SSSR count). The molecular formula is C20H18ClN5O2. The number of nitrogens with one attached hydrogen (secondary N) is 2. The number of halogens is 1. The first-order valence-corrected chi connectivity index (χ1v) is 9.20. The first kappa shape index (κ1) is 18.2. The van der Waals surface area contributed by atoms with Crippen molar-refractivity contribution in [2.75, 3.05) is 10.6 Å². The van der Waals surface area contributed by atoms with E-state index in [1.165, 1.54) is 0 Å². The Labute approximate surface area is 166 Å². The summed E-state index contributed by atoms with van der Waals surface area (Å²) in [6.07, 6.45) is 2.92. The number of nitrogens with two attached hydrogens (primary N) is 1. The van der Waals surface area contributed by atoms with Gasteiger partial charge in [0.15, 0.2) is 5.82 Å². The zero-order chi connectivity index (χ0) is 19.7. The molecule has 4 N–H and O–H groups in total. The van der Waals surface area contributed by atoms with Crippen molar-refractivity contribution in [3.05, 3.63) is 70.9 Å². The van der Waals surface area contributed by atoms with E-state index in [9.17, 15) is 9.59 Å². The molecule has 7 nitrogen and oxygen atoms in total. The van der Waals surface area contributed by atoms with Gasteiger partial charge in [-0.3, -0.25) is 9.59 Å². The van der Waals surface area contributed by atoms with Crippen LogP contribution in [0.3, 0.4) is 0 Å². The van der Waals surface area contributed by atoms with E-state index in [2.05, 4.69) is 15.7 Å². The van der Waals surface area contributed by atoms with Gasteiger partial charge in [0.05, 0.1) is 11.7 Å². The minimum Gasteiger partial charge on any atom is -0.324 e. The summed E-state index contributed by atoms with van der Waals surface area (Å²) < 4.78 is 1.65. The van der Waals surface area contributed by atoms with Crippen molar-refractivity contribution in [2.24, 2.45) is 5.73 Å². The summed E-state index contributed by atoms with van der Waals surface area (Å²) in [5, 5.41) is 10.6. The molecule has 1 unspecified atom stereocenters. The number of carbonyl (C=O) groups excluding carboxylic acids is 2. The van der Waals surface area contributed by atoms with Crippen LogP contribution in [0.1, 0.15) is 22.3 Å². The maximum Gasteiger partial charge on any atom is 0.256 e. The van der Waals surface area contributed by atoms with Gasteiger partial charge in [-0.1, -0.05) is 11.6 Å². The van der Waals surface area contributed by atoms with Gasteiger partial charge in [-0.15, -0.1) is 0 Å². The van der Waals surface area contributed by atoms with Crippen LogP contribution in [0.5, 0.6) is 0 Å². The second kappa shape index (κ2) is 7.46. The summed E-state index contributed by atoms with van der Waals surface area (Å²) in [4.78, 5) is 24.5. The molecule has 1 atom stereocenters. The fourth-order valence-electron chi connectivity index (χ4n) is 3.05. The smallest absolute Gasteiger partial charge is 0.256 e. The number of aromatic nitrogens is 2. The highest BCUT2D eigenvalue weighted by atomic mass is 35.5. The van der Waals surface area contributed by atoms with Crippen LogP contribution in [0.2, 0.25) is 5.02 Å². The third kappa shape index (κ3) is 3.76. The fourth-order valence-corrected chi connectivity index (χ4v) is 3.17. The van der Waals surface area contributed by atoms with Gasteiger partial charge < -0.3 is 16.4 Å². The Balaban J connectivity index is 1.50. The van der Waals surface area contributed by atoms with E-state index in [1.807, 2.05) is 12.1 Å². The molecule has 0 fully saturated rings. The zero-order valence-corrected chi connectivity index (χ0v) is 15.6. The largest absolute Gasteiger partial charge is 0.324 e. The van der Waals surface area contributed by atoms with Crippen molar-refractivity contribution in [1.29, 1.82) is 0 Å². The van der Waals surface area contributed by atoms with E-state index < -0.39 is 6.04 Å². The molecule has 28 heavy (non-hydrogen) atoms. The monoisotopic (exact) mass is 395 g/mol. The lowest BCUT2D eigenvalue weighted by molar-refractivity contribution is -0.117. The molecular weight excluding hydrogens is 378 g/mol. The molecule has 2 aromatic carbocycles. The molecule has 0 spiro atoms. The van der Waals surface area contributed by atoms with Gasteiger partial charge in [-0.25, -0.2) is 4.68 Å². The Hall–Kier alpha value is -3.16. The van der Waals surface area contributed by atoms with Gasteiger partial charge in [0.25, 0.3) is 5.91 Å². The van der Waals surface area contributed by atoms with Crippen LogP contribution in [0.15, 0.2) is 54.7 Å². The van der Waals surface area contributed by atoms with Crippen LogP contribution >= 0.6 is 11.6 Å². The number of amides is 2. The van der Waals surface area contributed by atoms with E-state index in [0.29, 0.717) is 34.9 Å². The highest BCUT2D eigenvalue weighted by molar-refractivity contribution is 6.30. The van der Waals surface area contributed by atoms with E-state index in [4.69, 9.17) is 17.3 Å². The van der Waals surface area contributed by atoms with Crippen molar-refractivity contribution < 1.29 is 9.59 Å². The van der Waals surface area contributed by atoms with E-state index in [1.54, 1.807) is 47.3 Å². The Morgan fingerprint density at radius 3 is 2.79 bits per heavy atom. The quantitative estimate of drug-likeness (QED) is 0.634. The number of fused-ring (bicyclic) bond motifs is 1. The lowest BCUT2D eigenvalue weighted by Crippen LogP contribution is -2.34. The average molecular weight is 396 g/mol. The number of aryl methyl sites for hydroxylation is 1. The molecule has 1 aromatic heterocycles. The number of carbonyl (C=O) groups is 2. The number of hydrogen-bond acceptors (Lipinski definition) is 4. The normalized spacial score (nSPS) is 16.1. The summed E-state index contributed by atoms with van der Waals surface area (Å²) in [5.41, 5.74) is 8.72. The van der Waals surface area contributed by atoms with Gasteiger partial charge in [-0.05, 0) is 60.9 Å². The van der Waals surface area contributed by atoms with Crippen LogP contribution in [-0.4, -0.2) is 27.6 Å². The molecule has 0 bridgehead atoms. The third-order valence-corrected chi connectivity index (χ3v) is 4.86. The van der Waals surface area contributed by atoms with Gasteiger partial charge in [0, 0.05) is 28.5 Å². The maximum absolute atomic E-state index is 12.6. The minimum atomic E-state index is -0.540. The molecule has 142 valence electrons. The molecule has 0 saturated heterocycles. The Morgan fingerprint density at radius 2 is 2.00 bits per heavy atom. The van der Waals surface area contributed by atoms with Crippen LogP contribution in [0.4, 0.5) is 11.5 Å². The minimum absolute atomic E-state index is 0.205. The van der Waals surface area contributed by atoms with Gasteiger partial charge in [0.1, 0.15) is 0 Å². The second-order valence-corrected chi connectivity index (χ2v) is 7.02. The standard InChI is InChI=1S/C20H18ClN5O2/c21-14-3-5-15(6-4-14)26-10-9-18(25-26)24-19(27)13-2-8-17-12(11-13)1-7-16(22)20(28)23-17/h2-6,8-11,16H,1,7,22H2,(H,23,28)(H,24,25,27). The van der Waals surface area contributed by atoms with E-state index in [-0.39, 0.29) is 11.8 Å². The average Bonchev–Trinajstić information content (AvgIpc) is 3.10. The summed E-state index contributed by atoms with van der Waals surface area (Å²) in [6, 6.07) is 13.6. The Bertz CT molecular complexity index is 1050. The molecule has 1 aliphatic rings. The van der Waals surface area contributed by atoms with Crippen molar-refractivity contribution in [2.45, 2.75) is 18.9 Å². The van der Waals surface area contributed by atoms with Crippen molar-refractivity contribution >= 4 is 34.9 Å². The number of nitrogens with zero attached hydrogens (tertiary/aromatic N) is 2. The number of hydrogen-bond donors (Lipinski definition) is 3. The van der Waals surface area contributed by atoms with Gasteiger partial charge in [0.2, 0.25) is 5.91 Å².